The van der Waals surface area contributed by atoms with E-state index in [0.717, 1.165) is 20.8 Å². The highest BCUT2D eigenvalue weighted by molar-refractivity contribution is 9.10. The fraction of sp³-hybridized carbons (Fsp3) is 0.400. The van der Waals surface area contributed by atoms with E-state index < -0.39 is 30.3 Å². The number of fused-ring (bicyclic) bond motifs is 2. The fourth-order valence-electron chi connectivity index (χ4n) is 5.24. The molecule has 0 radical (unpaired) electrons. The minimum Gasteiger partial charge on any atom is -0.496 e. The van der Waals surface area contributed by atoms with Gasteiger partial charge in [-0.25, -0.2) is 0 Å². The Morgan fingerprint density at radius 1 is 1.24 bits per heavy atom. The maximum absolute atomic E-state index is 14.7. The minimum absolute atomic E-state index is 0.158. The minimum atomic E-state index is -2.28. The Kier molecular flexibility index (Phi) is 6.58. The SMILES string of the molecule is [2H]C([2H])([2H])C[C@@H](C)C(=O)N[C@@H]1C(=O)N(Cc2c(OC)ccc3cc(Br)ccc23)c2ccccc2OC12CCOCC2. The van der Waals surface area contributed by atoms with Crippen LogP contribution in [-0.2, 0) is 20.9 Å². The molecule has 8 heteroatoms. The van der Waals surface area contributed by atoms with Gasteiger partial charge in [-0.05, 0) is 47.5 Å². The Hall–Kier alpha value is -3.10. The zero-order chi connectivity index (χ0) is 29.4. The quantitative estimate of drug-likeness (QED) is 0.407. The highest BCUT2D eigenvalue weighted by Crippen LogP contribution is 2.42. The van der Waals surface area contributed by atoms with Crippen LogP contribution in [0.2, 0.25) is 0 Å². The molecule has 1 saturated heterocycles. The molecule has 0 bridgehead atoms. The third-order valence-electron chi connectivity index (χ3n) is 7.47. The largest absolute Gasteiger partial charge is 0.496 e. The second kappa shape index (κ2) is 10.9. The van der Waals surface area contributed by atoms with Gasteiger partial charge in [-0.1, -0.05) is 54.0 Å². The molecule has 1 spiro atoms. The molecular formula is C30H33BrN2O5. The molecule has 0 unspecified atom stereocenters. The van der Waals surface area contributed by atoms with Gasteiger partial charge in [0.15, 0.2) is 0 Å². The molecule has 0 saturated carbocycles. The lowest BCUT2D eigenvalue weighted by Gasteiger charge is -2.41. The first-order chi connectivity index (χ1) is 19.5. The average molecular weight is 585 g/mol. The van der Waals surface area contributed by atoms with E-state index in [1.54, 1.807) is 18.9 Å². The molecule has 2 atom stereocenters. The van der Waals surface area contributed by atoms with Crippen LogP contribution in [-0.4, -0.2) is 43.8 Å². The third-order valence-corrected chi connectivity index (χ3v) is 7.97. The topological polar surface area (TPSA) is 77.1 Å². The van der Waals surface area contributed by atoms with Crippen molar-refractivity contribution in [3.05, 3.63) is 64.6 Å². The monoisotopic (exact) mass is 583 g/mol. The summed E-state index contributed by atoms with van der Waals surface area (Å²) in [4.78, 5) is 29.7. The number of para-hydroxylation sites is 2. The van der Waals surface area contributed by atoms with Crippen molar-refractivity contribution in [1.29, 1.82) is 0 Å². The summed E-state index contributed by atoms with van der Waals surface area (Å²) >= 11 is 3.54. The summed E-state index contributed by atoms with van der Waals surface area (Å²) in [7, 11) is 1.59. The van der Waals surface area contributed by atoms with Gasteiger partial charge < -0.3 is 24.4 Å². The van der Waals surface area contributed by atoms with Crippen LogP contribution < -0.4 is 19.7 Å². The van der Waals surface area contributed by atoms with Gasteiger partial charge >= 0.3 is 0 Å². The number of halogens is 1. The van der Waals surface area contributed by atoms with E-state index in [0.29, 0.717) is 43.2 Å². The highest BCUT2D eigenvalue weighted by Gasteiger charge is 2.51. The summed E-state index contributed by atoms with van der Waals surface area (Å²) in [5.74, 6) is -0.530. The van der Waals surface area contributed by atoms with Crippen LogP contribution in [0.25, 0.3) is 10.8 Å². The number of carbonyl (C=O) groups excluding carboxylic acids is 2. The zero-order valence-electron chi connectivity index (χ0n) is 24.5. The van der Waals surface area contributed by atoms with E-state index in [2.05, 4.69) is 21.2 Å². The smallest absolute Gasteiger partial charge is 0.254 e. The maximum Gasteiger partial charge on any atom is 0.254 e. The average Bonchev–Trinajstić information content (AvgIpc) is 3.01. The standard InChI is InChI=1S/C30H33BrN2O5/c1-4-19(2)28(34)32-27-29(35)33(18-23-22-11-10-21(31)17-20(22)9-12-25(23)36-3)24-7-5-6-8-26(24)38-30(27)13-15-37-16-14-30/h5-12,17,19,27H,4,13-16,18H2,1-3H3,(H,32,34)/t19-,27-/m1/s1/i1D3. The van der Waals surface area contributed by atoms with Gasteiger partial charge in [0.1, 0.15) is 23.1 Å². The Balaban J connectivity index is 1.61. The Bertz CT molecular complexity index is 1460. The molecular weight excluding hydrogens is 548 g/mol. The summed E-state index contributed by atoms with van der Waals surface area (Å²) in [5.41, 5.74) is 0.319. The van der Waals surface area contributed by atoms with Crippen LogP contribution in [0.5, 0.6) is 11.5 Å². The van der Waals surface area contributed by atoms with Crippen molar-refractivity contribution in [2.45, 2.75) is 51.2 Å². The van der Waals surface area contributed by atoms with Gasteiger partial charge in [0.25, 0.3) is 5.91 Å². The number of ether oxygens (including phenoxy) is 3. The number of hydrogen-bond acceptors (Lipinski definition) is 5. The van der Waals surface area contributed by atoms with Crippen molar-refractivity contribution < 1.29 is 27.9 Å². The second-order valence-electron chi connectivity index (χ2n) is 9.83. The molecule has 200 valence electrons. The van der Waals surface area contributed by atoms with Crippen molar-refractivity contribution >= 4 is 44.2 Å². The van der Waals surface area contributed by atoms with Crippen molar-refractivity contribution in [2.75, 3.05) is 25.2 Å². The molecule has 7 nitrogen and oxygen atoms in total. The van der Waals surface area contributed by atoms with E-state index in [4.69, 9.17) is 18.3 Å². The molecule has 3 aromatic rings. The van der Waals surface area contributed by atoms with E-state index in [1.165, 1.54) is 0 Å². The number of benzene rings is 3. The van der Waals surface area contributed by atoms with Crippen LogP contribution in [0.3, 0.4) is 0 Å². The Morgan fingerprint density at radius 2 is 2.03 bits per heavy atom. The molecule has 2 amide bonds. The summed E-state index contributed by atoms with van der Waals surface area (Å²) in [6.45, 7) is 0.160. The highest BCUT2D eigenvalue weighted by atomic mass is 79.9. The van der Waals surface area contributed by atoms with Gasteiger partial charge in [0.2, 0.25) is 5.91 Å². The van der Waals surface area contributed by atoms with Crippen molar-refractivity contribution in [3.63, 3.8) is 0 Å². The predicted octanol–water partition coefficient (Wildman–Crippen LogP) is 5.62. The van der Waals surface area contributed by atoms with Gasteiger partial charge in [-0.15, -0.1) is 0 Å². The lowest BCUT2D eigenvalue weighted by molar-refractivity contribution is -0.138. The number of carbonyl (C=O) groups is 2. The summed E-state index contributed by atoms with van der Waals surface area (Å²) in [6, 6.07) is 16.1. The first kappa shape index (κ1) is 22.8. The summed E-state index contributed by atoms with van der Waals surface area (Å²) in [6.07, 6.45) is 0.458. The lowest BCUT2D eigenvalue weighted by Crippen LogP contribution is -2.64. The number of anilines is 1. The van der Waals surface area contributed by atoms with E-state index in [1.807, 2.05) is 54.6 Å². The molecule has 2 aliphatic heterocycles. The summed E-state index contributed by atoms with van der Waals surface area (Å²) in [5, 5.41) is 4.82. The van der Waals surface area contributed by atoms with Crippen molar-refractivity contribution in [1.82, 2.24) is 5.32 Å². The van der Waals surface area contributed by atoms with E-state index in [9.17, 15) is 9.59 Å². The van der Waals surface area contributed by atoms with E-state index in [-0.39, 0.29) is 18.9 Å². The molecule has 5 rings (SSSR count). The van der Waals surface area contributed by atoms with Crippen LogP contribution in [0.15, 0.2) is 59.1 Å². The van der Waals surface area contributed by atoms with Crippen molar-refractivity contribution in [2.24, 2.45) is 5.92 Å². The third kappa shape index (κ3) is 4.87. The first-order valence-corrected chi connectivity index (χ1v) is 13.5. The number of methoxy groups -OCH3 is 1. The summed E-state index contributed by atoms with van der Waals surface area (Å²) < 4.78 is 41.8. The first-order valence-electron chi connectivity index (χ1n) is 14.2. The molecule has 0 aliphatic carbocycles. The number of hydrogen-bond donors (Lipinski definition) is 1. The fourth-order valence-corrected chi connectivity index (χ4v) is 5.62. The van der Waals surface area contributed by atoms with Gasteiger partial charge in [0, 0.05) is 32.9 Å². The van der Waals surface area contributed by atoms with Crippen molar-refractivity contribution in [3.8, 4) is 11.5 Å². The molecule has 0 aromatic heterocycles. The van der Waals surface area contributed by atoms with Gasteiger partial charge in [-0.2, -0.15) is 0 Å². The van der Waals surface area contributed by atoms with Gasteiger partial charge in [-0.3, -0.25) is 9.59 Å². The molecule has 3 aromatic carbocycles. The number of amides is 2. The normalized spacial score (nSPS) is 20.9. The Morgan fingerprint density at radius 3 is 2.79 bits per heavy atom. The van der Waals surface area contributed by atoms with Crippen LogP contribution >= 0.6 is 15.9 Å². The van der Waals surface area contributed by atoms with E-state index >= 15 is 0 Å². The second-order valence-corrected chi connectivity index (χ2v) is 10.7. The lowest BCUT2D eigenvalue weighted by atomic mass is 9.84. The maximum atomic E-state index is 14.7. The molecule has 38 heavy (non-hydrogen) atoms. The zero-order valence-corrected chi connectivity index (χ0v) is 23.0. The number of rotatable bonds is 6. The molecule has 1 fully saturated rings. The molecule has 1 N–H and O–H groups in total. The van der Waals surface area contributed by atoms with Crippen LogP contribution in [0.4, 0.5) is 5.69 Å². The van der Waals surface area contributed by atoms with Crippen LogP contribution in [0, 0.1) is 5.92 Å². The molecule has 2 aliphatic rings. The Labute approximate surface area is 235 Å². The van der Waals surface area contributed by atoms with Crippen LogP contribution in [0.1, 0.15) is 42.7 Å². The number of nitrogens with zero attached hydrogens (tertiary/aromatic N) is 1. The predicted molar refractivity (Wildman–Crippen MR) is 151 cm³/mol. The number of nitrogens with one attached hydrogen (secondary N) is 1. The molecule has 2 heterocycles. The van der Waals surface area contributed by atoms with Gasteiger partial charge in [0.05, 0.1) is 32.6 Å².